The molecule has 0 radical (unpaired) electrons. The topological polar surface area (TPSA) is 59.8 Å². The van der Waals surface area contributed by atoms with Gasteiger partial charge in [-0.3, -0.25) is 4.79 Å². The number of benzene rings is 1. The number of nitrogens with one attached hydrogen (secondary N) is 1. The Kier molecular flexibility index (Phi) is 4.69. The summed E-state index contributed by atoms with van der Waals surface area (Å²) in [6.45, 7) is 9.51. The van der Waals surface area contributed by atoms with E-state index in [9.17, 15) is 4.79 Å². The molecule has 2 aromatic rings. The largest absolute Gasteiger partial charge is 0.345 e. The van der Waals surface area contributed by atoms with Gasteiger partial charge in [-0.2, -0.15) is 0 Å². The van der Waals surface area contributed by atoms with Crippen LogP contribution in [-0.2, 0) is 19.5 Å². The third-order valence-electron chi connectivity index (χ3n) is 5.19. The summed E-state index contributed by atoms with van der Waals surface area (Å²) in [6.07, 6.45) is 4.54. The average molecular weight is 326 g/mol. The van der Waals surface area contributed by atoms with E-state index < -0.39 is 0 Å². The van der Waals surface area contributed by atoms with Gasteiger partial charge in [-0.1, -0.05) is 12.5 Å². The SMILES string of the molecule is Cc1cc(C)c(C)c(C(=O)NCc2nnc3n2CCCCC3)c1C. The molecule has 0 bridgehead atoms. The molecule has 2 heterocycles. The maximum absolute atomic E-state index is 12.8. The molecule has 0 aliphatic carbocycles. The van der Waals surface area contributed by atoms with Crippen molar-refractivity contribution >= 4 is 5.91 Å². The first-order valence-corrected chi connectivity index (χ1v) is 8.75. The molecule has 5 nitrogen and oxygen atoms in total. The molecule has 0 unspecified atom stereocenters. The van der Waals surface area contributed by atoms with Crippen LogP contribution in [-0.4, -0.2) is 20.7 Å². The van der Waals surface area contributed by atoms with Gasteiger partial charge in [0.25, 0.3) is 5.91 Å². The van der Waals surface area contributed by atoms with Gasteiger partial charge in [-0.25, -0.2) is 0 Å². The molecular formula is C19H26N4O. The Morgan fingerprint density at radius 1 is 1.08 bits per heavy atom. The summed E-state index contributed by atoms with van der Waals surface area (Å²) in [5, 5.41) is 11.6. The van der Waals surface area contributed by atoms with E-state index in [1.54, 1.807) is 0 Å². The van der Waals surface area contributed by atoms with Crippen LogP contribution in [0, 0.1) is 27.7 Å². The van der Waals surface area contributed by atoms with Crippen LogP contribution in [0.5, 0.6) is 0 Å². The monoisotopic (exact) mass is 326 g/mol. The molecule has 0 saturated carbocycles. The predicted octanol–water partition coefficient (Wildman–Crippen LogP) is 3.17. The van der Waals surface area contributed by atoms with Crippen molar-refractivity contribution in [2.24, 2.45) is 0 Å². The summed E-state index contributed by atoms with van der Waals surface area (Å²) >= 11 is 0. The van der Waals surface area contributed by atoms with Crippen LogP contribution in [0.4, 0.5) is 0 Å². The highest BCUT2D eigenvalue weighted by Crippen LogP contribution is 2.21. The molecule has 3 rings (SSSR count). The van der Waals surface area contributed by atoms with Crippen molar-refractivity contribution in [3.63, 3.8) is 0 Å². The Labute approximate surface area is 143 Å². The van der Waals surface area contributed by atoms with E-state index in [4.69, 9.17) is 0 Å². The number of hydrogen-bond acceptors (Lipinski definition) is 3. The molecular weight excluding hydrogens is 300 g/mol. The van der Waals surface area contributed by atoms with Crippen LogP contribution in [0.3, 0.4) is 0 Å². The summed E-state index contributed by atoms with van der Waals surface area (Å²) in [4.78, 5) is 12.8. The maximum atomic E-state index is 12.8. The standard InChI is InChI=1S/C19H26N4O/c1-12-10-13(2)15(4)18(14(12)3)19(24)20-11-17-22-21-16-8-6-5-7-9-23(16)17/h10H,5-9,11H2,1-4H3,(H,20,24). The highest BCUT2D eigenvalue weighted by molar-refractivity contribution is 5.97. The quantitative estimate of drug-likeness (QED) is 0.942. The summed E-state index contributed by atoms with van der Waals surface area (Å²) < 4.78 is 2.18. The van der Waals surface area contributed by atoms with Crippen LogP contribution in [0.1, 0.15) is 63.5 Å². The second kappa shape index (κ2) is 6.75. The van der Waals surface area contributed by atoms with Gasteiger partial charge in [0.1, 0.15) is 5.82 Å². The highest BCUT2D eigenvalue weighted by Gasteiger charge is 2.18. The van der Waals surface area contributed by atoms with Crippen LogP contribution in [0.15, 0.2) is 6.07 Å². The molecule has 0 fully saturated rings. The van der Waals surface area contributed by atoms with Crippen molar-refractivity contribution in [3.8, 4) is 0 Å². The Bertz CT molecular complexity index is 750. The lowest BCUT2D eigenvalue weighted by Crippen LogP contribution is -2.27. The minimum atomic E-state index is -0.0252. The lowest BCUT2D eigenvalue weighted by Gasteiger charge is -2.15. The zero-order valence-corrected chi connectivity index (χ0v) is 15.1. The third-order valence-corrected chi connectivity index (χ3v) is 5.19. The van der Waals surface area contributed by atoms with Gasteiger partial charge in [0.05, 0.1) is 6.54 Å². The molecule has 1 aliphatic heterocycles. The zero-order chi connectivity index (χ0) is 17.3. The second-order valence-electron chi connectivity index (χ2n) is 6.81. The number of hydrogen-bond donors (Lipinski definition) is 1. The van der Waals surface area contributed by atoms with E-state index in [2.05, 4.69) is 40.0 Å². The molecule has 128 valence electrons. The molecule has 0 spiro atoms. The van der Waals surface area contributed by atoms with Gasteiger partial charge in [-0.15, -0.1) is 10.2 Å². The Morgan fingerprint density at radius 2 is 1.79 bits per heavy atom. The van der Waals surface area contributed by atoms with Crippen molar-refractivity contribution in [2.45, 2.75) is 66.5 Å². The molecule has 24 heavy (non-hydrogen) atoms. The van der Waals surface area contributed by atoms with Crippen molar-refractivity contribution in [2.75, 3.05) is 0 Å². The molecule has 5 heteroatoms. The van der Waals surface area contributed by atoms with E-state index in [-0.39, 0.29) is 5.91 Å². The number of aryl methyl sites for hydroxylation is 3. The van der Waals surface area contributed by atoms with Crippen LogP contribution < -0.4 is 5.32 Å². The lowest BCUT2D eigenvalue weighted by molar-refractivity contribution is 0.0948. The molecule has 0 atom stereocenters. The van der Waals surface area contributed by atoms with E-state index in [0.717, 1.165) is 58.9 Å². The lowest BCUT2D eigenvalue weighted by atomic mass is 9.94. The van der Waals surface area contributed by atoms with Crippen LogP contribution in [0.2, 0.25) is 0 Å². The van der Waals surface area contributed by atoms with Gasteiger partial charge in [0.15, 0.2) is 5.82 Å². The summed E-state index contributed by atoms with van der Waals surface area (Å²) in [5.41, 5.74) is 5.20. The van der Waals surface area contributed by atoms with Crippen molar-refractivity contribution in [1.82, 2.24) is 20.1 Å². The normalized spacial score (nSPS) is 14.2. The number of nitrogens with zero attached hydrogens (tertiary/aromatic N) is 3. The number of carbonyl (C=O) groups excluding carboxylic acids is 1. The number of amides is 1. The maximum Gasteiger partial charge on any atom is 0.252 e. The van der Waals surface area contributed by atoms with Gasteiger partial charge < -0.3 is 9.88 Å². The summed E-state index contributed by atoms with van der Waals surface area (Å²) in [7, 11) is 0. The smallest absolute Gasteiger partial charge is 0.252 e. The fourth-order valence-corrected chi connectivity index (χ4v) is 3.48. The summed E-state index contributed by atoms with van der Waals surface area (Å²) in [5.74, 6) is 1.89. The Balaban J connectivity index is 1.79. The van der Waals surface area contributed by atoms with Gasteiger partial charge >= 0.3 is 0 Å². The second-order valence-corrected chi connectivity index (χ2v) is 6.81. The Hall–Kier alpha value is -2.17. The molecule has 1 aromatic heterocycles. The zero-order valence-electron chi connectivity index (χ0n) is 15.1. The number of fused-ring (bicyclic) bond motifs is 1. The van der Waals surface area contributed by atoms with Crippen LogP contribution >= 0.6 is 0 Å². The van der Waals surface area contributed by atoms with Gasteiger partial charge in [-0.05, 0) is 62.8 Å². The first kappa shape index (κ1) is 16.7. The summed E-state index contributed by atoms with van der Waals surface area (Å²) in [6, 6.07) is 2.14. The molecule has 1 aliphatic rings. The third kappa shape index (κ3) is 3.07. The van der Waals surface area contributed by atoms with Crippen molar-refractivity contribution in [1.29, 1.82) is 0 Å². The predicted molar refractivity (Wildman–Crippen MR) is 94.1 cm³/mol. The molecule has 1 N–H and O–H groups in total. The van der Waals surface area contributed by atoms with E-state index >= 15 is 0 Å². The molecule has 1 aromatic carbocycles. The van der Waals surface area contributed by atoms with E-state index in [1.165, 1.54) is 12.8 Å². The molecule has 1 amide bonds. The molecule has 0 saturated heterocycles. The van der Waals surface area contributed by atoms with Gasteiger partial charge in [0.2, 0.25) is 0 Å². The fourth-order valence-electron chi connectivity index (χ4n) is 3.48. The number of carbonyl (C=O) groups is 1. The van der Waals surface area contributed by atoms with E-state index in [0.29, 0.717) is 6.54 Å². The fraction of sp³-hybridized carbons (Fsp3) is 0.526. The first-order valence-electron chi connectivity index (χ1n) is 8.75. The number of rotatable bonds is 3. The first-order chi connectivity index (χ1) is 11.5. The minimum absolute atomic E-state index is 0.0252. The Morgan fingerprint density at radius 3 is 2.50 bits per heavy atom. The van der Waals surface area contributed by atoms with Crippen molar-refractivity contribution in [3.05, 3.63) is 45.5 Å². The van der Waals surface area contributed by atoms with E-state index in [1.807, 2.05) is 13.8 Å². The highest BCUT2D eigenvalue weighted by atomic mass is 16.1. The van der Waals surface area contributed by atoms with Crippen LogP contribution in [0.25, 0.3) is 0 Å². The average Bonchev–Trinajstić information content (AvgIpc) is 2.77. The van der Waals surface area contributed by atoms with Crippen molar-refractivity contribution < 1.29 is 4.79 Å². The van der Waals surface area contributed by atoms with Gasteiger partial charge in [0, 0.05) is 18.5 Å². The number of aromatic nitrogens is 3. The minimum Gasteiger partial charge on any atom is -0.345 e.